The molecule has 1 fully saturated rings. The van der Waals surface area contributed by atoms with E-state index in [2.05, 4.69) is 10.0 Å². The molecule has 0 aromatic rings. The Bertz CT molecular complexity index is 375. The first-order valence-corrected chi connectivity index (χ1v) is 7.66. The molecule has 18 heavy (non-hydrogen) atoms. The maximum Gasteiger partial charge on any atom is 0.240 e. The van der Waals surface area contributed by atoms with Gasteiger partial charge in [0.15, 0.2) is 0 Å². The van der Waals surface area contributed by atoms with Gasteiger partial charge in [-0.05, 0) is 26.8 Å². The van der Waals surface area contributed by atoms with E-state index in [-0.39, 0.29) is 18.3 Å². The molecule has 0 saturated carbocycles. The predicted molar refractivity (Wildman–Crippen MR) is 73.4 cm³/mol. The van der Waals surface area contributed by atoms with E-state index in [1.807, 2.05) is 7.05 Å². The van der Waals surface area contributed by atoms with Gasteiger partial charge in [0.05, 0.1) is 12.3 Å². The van der Waals surface area contributed by atoms with Gasteiger partial charge < -0.3 is 10.2 Å². The average molecular weight is 300 g/mol. The second-order valence-electron chi connectivity index (χ2n) is 4.52. The highest BCUT2D eigenvalue weighted by Crippen LogP contribution is 2.11. The number of carbonyl (C=O) groups excluding carboxylic acids is 1. The van der Waals surface area contributed by atoms with E-state index in [1.165, 1.54) is 0 Å². The van der Waals surface area contributed by atoms with Gasteiger partial charge >= 0.3 is 0 Å². The van der Waals surface area contributed by atoms with E-state index in [4.69, 9.17) is 0 Å². The minimum absolute atomic E-state index is 0. The van der Waals surface area contributed by atoms with Crippen molar-refractivity contribution in [3.63, 3.8) is 0 Å². The predicted octanol–water partition coefficient (Wildman–Crippen LogP) is -0.444. The molecule has 8 heteroatoms. The lowest BCUT2D eigenvalue weighted by atomic mass is 10.1. The van der Waals surface area contributed by atoms with Crippen LogP contribution in [0.3, 0.4) is 0 Å². The molecule has 0 spiro atoms. The molecule has 1 rings (SSSR count). The quantitative estimate of drug-likeness (QED) is 0.737. The minimum Gasteiger partial charge on any atom is -0.340 e. The van der Waals surface area contributed by atoms with E-state index in [0.717, 1.165) is 19.1 Å². The highest BCUT2D eigenvalue weighted by Gasteiger charge is 2.27. The number of hydrogen-bond acceptors (Lipinski definition) is 4. The van der Waals surface area contributed by atoms with Gasteiger partial charge in [-0.2, -0.15) is 0 Å². The Balaban J connectivity index is 0.00000289. The zero-order chi connectivity index (χ0) is 13.1. The summed E-state index contributed by atoms with van der Waals surface area (Å²) in [7, 11) is -1.47. The van der Waals surface area contributed by atoms with E-state index < -0.39 is 16.1 Å². The number of nitrogens with zero attached hydrogens (tertiary/aromatic N) is 1. The van der Waals surface area contributed by atoms with Crippen LogP contribution in [-0.4, -0.2) is 57.7 Å². The third-order valence-corrected chi connectivity index (χ3v) is 3.68. The van der Waals surface area contributed by atoms with Crippen molar-refractivity contribution < 1.29 is 13.2 Å². The molecular weight excluding hydrogens is 278 g/mol. The smallest absolute Gasteiger partial charge is 0.240 e. The van der Waals surface area contributed by atoms with Gasteiger partial charge in [0.25, 0.3) is 0 Å². The number of hydrogen-bond donors (Lipinski definition) is 2. The van der Waals surface area contributed by atoms with E-state index in [9.17, 15) is 13.2 Å². The normalized spacial score (nSPS) is 22.2. The number of rotatable bonds is 4. The summed E-state index contributed by atoms with van der Waals surface area (Å²) in [5.41, 5.74) is 0. The third kappa shape index (κ3) is 5.51. The first-order chi connectivity index (χ1) is 7.83. The molecule has 108 valence electrons. The molecule has 1 aliphatic rings. The minimum atomic E-state index is -3.34. The largest absolute Gasteiger partial charge is 0.340 e. The number of amides is 1. The van der Waals surface area contributed by atoms with Crippen molar-refractivity contribution in [1.82, 2.24) is 14.9 Å². The summed E-state index contributed by atoms with van der Waals surface area (Å²) in [6.07, 6.45) is 3.06. The Morgan fingerprint density at radius 2 is 2.06 bits per heavy atom. The van der Waals surface area contributed by atoms with Crippen LogP contribution in [-0.2, 0) is 14.8 Å². The Hall–Kier alpha value is -0.370. The van der Waals surface area contributed by atoms with Gasteiger partial charge in [0.2, 0.25) is 15.9 Å². The SMILES string of the molecule is CNC1CCCN(C(=O)C(C)NS(C)(=O)=O)C1.Cl. The molecular formula is C10H22ClN3O3S. The zero-order valence-electron chi connectivity index (χ0n) is 11.0. The molecule has 6 nitrogen and oxygen atoms in total. The number of likely N-dealkylation sites (tertiary alicyclic amines) is 1. The first-order valence-electron chi connectivity index (χ1n) is 5.77. The fourth-order valence-electron chi connectivity index (χ4n) is 2.06. The van der Waals surface area contributed by atoms with E-state index >= 15 is 0 Å². The summed E-state index contributed by atoms with van der Waals surface area (Å²) in [4.78, 5) is 13.7. The fourth-order valence-corrected chi connectivity index (χ4v) is 2.80. The van der Waals surface area contributed by atoms with Gasteiger partial charge in [-0.1, -0.05) is 0 Å². The van der Waals surface area contributed by atoms with Gasteiger partial charge in [0, 0.05) is 19.1 Å². The topological polar surface area (TPSA) is 78.5 Å². The molecule has 1 amide bonds. The van der Waals surface area contributed by atoms with Gasteiger partial charge in [0.1, 0.15) is 0 Å². The van der Waals surface area contributed by atoms with Crippen molar-refractivity contribution in [2.75, 3.05) is 26.4 Å². The van der Waals surface area contributed by atoms with Crippen molar-refractivity contribution in [1.29, 1.82) is 0 Å². The van der Waals surface area contributed by atoms with Crippen LogP contribution < -0.4 is 10.0 Å². The molecule has 1 saturated heterocycles. The number of nitrogens with one attached hydrogen (secondary N) is 2. The van der Waals surface area contributed by atoms with Gasteiger partial charge in [-0.3, -0.25) is 4.79 Å². The molecule has 2 unspecified atom stereocenters. The van der Waals surface area contributed by atoms with Gasteiger partial charge in [-0.25, -0.2) is 13.1 Å². The summed E-state index contributed by atoms with van der Waals surface area (Å²) in [6, 6.07) is -0.390. The van der Waals surface area contributed by atoms with Crippen LogP contribution in [0.2, 0.25) is 0 Å². The van der Waals surface area contributed by atoms with Gasteiger partial charge in [-0.15, -0.1) is 12.4 Å². The highest BCUT2D eigenvalue weighted by atomic mass is 35.5. The zero-order valence-corrected chi connectivity index (χ0v) is 12.6. The molecule has 1 heterocycles. The highest BCUT2D eigenvalue weighted by molar-refractivity contribution is 7.88. The number of carbonyl (C=O) groups is 1. The van der Waals surface area contributed by atoms with Crippen molar-refractivity contribution in [2.24, 2.45) is 0 Å². The number of sulfonamides is 1. The van der Waals surface area contributed by atoms with Crippen molar-refractivity contribution in [3.05, 3.63) is 0 Å². The summed E-state index contributed by atoms with van der Waals surface area (Å²) in [5, 5.41) is 3.14. The van der Waals surface area contributed by atoms with Crippen LogP contribution in [0.5, 0.6) is 0 Å². The molecule has 2 atom stereocenters. The monoisotopic (exact) mass is 299 g/mol. The van der Waals surface area contributed by atoms with E-state index in [1.54, 1.807) is 11.8 Å². The van der Waals surface area contributed by atoms with Crippen LogP contribution >= 0.6 is 12.4 Å². The Kier molecular flexibility index (Phi) is 7.13. The molecule has 0 aromatic heterocycles. The average Bonchev–Trinajstić information content (AvgIpc) is 2.26. The van der Waals surface area contributed by atoms with Crippen LogP contribution in [0.1, 0.15) is 19.8 Å². The lowest BCUT2D eigenvalue weighted by Gasteiger charge is -2.34. The molecule has 0 aromatic carbocycles. The van der Waals surface area contributed by atoms with Crippen LogP contribution in [0, 0.1) is 0 Å². The maximum absolute atomic E-state index is 12.0. The molecule has 1 aliphatic heterocycles. The number of likely N-dealkylation sites (N-methyl/N-ethyl adjacent to an activating group) is 1. The van der Waals surface area contributed by atoms with Crippen LogP contribution in [0.4, 0.5) is 0 Å². The number of piperidine rings is 1. The van der Waals surface area contributed by atoms with Crippen molar-refractivity contribution >= 4 is 28.3 Å². The Morgan fingerprint density at radius 1 is 1.44 bits per heavy atom. The third-order valence-electron chi connectivity index (χ3n) is 2.90. The van der Waals surface area contributed by atoms with Crippen LogP contribution in [0.25, 0.3) is 0 Å². The second-order valence-corrected chi connectivity index (χ2v) is 6.30. The summed E-state index contributed by atoms with van der Waals surface area (Å²) in [5.74, 6) is -0.157. The molecule has 2 N–H and O–H groups in total. The standard InChI is InChI=1S/C10H21N3O3S.ClH/c1-8(12-17(3,15)16)10(14)13-6-4-5-9(7-13)11-2;/h8-9,11-12H,4-7H2,1-3H3;1H. The summed E-state index contributed by atoms with van der Waals surface area (Å²) in [6.45, 7) is 2.92. The lowest BCUT2D eigenvalue weighted by molar-refractivity contribution is -0.133. The van der Waals surface area contributed by atoms with Crippen LogP contribution in [0.15, 0.2) is 0 Å². The number of halogens is 1. The lowest BCUT2D eigenvalue weighted by Crippen LogP contribution is -2.52. The van der Waals surface area contributed by atoms with E-state index in [0.29, 0.717) is 19.1 Å². The molecule has 0 bridgehead atoms. The summed E-state index contributed by atoms with van der Waals surface area (Å²) >= 11 is 0. The Labute approximate surface area is 115 Å². The van der Waals surface area contributed by atoms with Crippen molar-refractivity contribution in [2.45, 2.75) is 31.8 Å². The molecule has 0 radical (unpaired) electrons. The fraction of sp³-hybridized carbons (Fsp3) is 0.900. The second kappa shape index (κ2) is 7.28. The maximum atomic E-state index is 12.0. The summed E-state index contributed by atoms with van der Waals surface area (Å²) < 4.78 is 24.4. The first kappa shape index (κ1) is 17.6. The molecule has 0 aliphatic carbocycles. The van der Waals surface area contributed by atoms with Crippen molar-refractivity contribution in [3.8, 4) is 0 Å². The Morgan fingerprint density at radius 3 is 2.56 bits per heavy atom.